The van der Waals surface area contributed by atoms with Gasteiger partial charge in [0.25, 0.3) is 0 Å². The summed E-state index contributed by atoms with van der Waals surface area (Å²) in [6.45, 7) is 8.28. The highest BCUT2D eigenvalue weighted by atomic mass is 15.3. The second kappa shape index (κ2) is 9.56. The second-order valence-corrected chi connectivity index (χ2v) is 9.90. The molecule has 2 saturated heterocycles. The molecule has 0 radical (unpaired) electrons. The average Bonchev–Trinajstić information content (AvgIpc) is 2.82. The van der Waals surface area contributed by atoms with Crippen molar-refractivity contribution < 1.29 is 0 Å². The monoisotopic (exact) mass is 425 g/mol. The van der Waals surface area contributed by atoms with Crippen molar-refractivity contribution in [3.05, 3.63) is 101 Å². The van der Waals surface area contributed by atoms with Crippen molar-refractivity contribution in [3.63, 3.8) is 0 Å². The number of likely N-dealkylation sites (tertiary alicyclic amines) is 2. The van der Waals surface area contributed by atoms with E-state index in [1.54, 1.807) is 0 Å². The Bertz CT molecular complexity index is 968. The van der Waals surface area contributed by atoms with Gasteiger partial charge in [-0.1, -0.05) is 66.2 Å². The van der Waals surface area contributed by atoms with Crippen LogP contribution in [0.15, 0.2) is 79.0 Å². The molecule has 3 heterocycles. The molecular weight excluding hydrogens is 390 g/mol. The number of aromatic nitrogens is 1. The van der Waals surface area contributed by atoms with Gasteiger partial charge in [0.2, 0.25) is 0 Å². The molecule has 2 fully saturated rings. The van der Waals surface area contributed by atoms with E-state index >= 15 is 0 Å². The van der Waals surface area contributed by atoms with Gasteiger partial charge in [0.05, 0.1) is 11.7 Å². The fourth-order valence-corrected chi connectivity index (χ4v) is 5.57. The van der Waals surface area contributed by atoms with Crippen molar-refractivity contribution in [2.45, 2.75) is 38.6 Å². The number of hydrogen-bond acceptors (Lipinski definition) is 3. The fourth-order valence-electron chi connectivity index (χ4n) is 5.57. The van der Waals surface area contributed by atoms with Crippen LogP contribution in [0.5, 0.6) is 0 Å². The molecule has 1 spiro atoms. The summed E-state index contributed by atoms with van der Waals surface area (Å²) in [5.41, 5.74) is 5.82. The molecule has 5 rings (SSSR count). The number of nitrogens with zero attached hydrogens (tertiary/aromatic N) is 3. The van der Waals surface area contributed by atoms with Crippen LogP contribution in [0.25, 0.3) is 0 Å². The van der Waals surface area contributed by atoms with Crippen molar-refractivity contribution >= 4 is 0 Å². The molecule has 1 aromatic heterocycles. The summed E-state index contributed by atoms with van der Waals surface area (Å²) in [4.78, 5) is 10.1. The largest absolute Gasteiger partial charge is 0.303 e. The number of benzene rings is 2. The SMILES string of the molecule is Cc1ccc(C(c2ccccn2)N2CC3(CCN(CCCc4ccccc4)CC3)C2)cc1. The van der Waals surface area contributed by atoms with Gasteiger partial charge in [-0.2, -0.15) is 0 Å². The Morgan fingerprint density at radius 2 is 1.59 bits per heavy atom. The highest BCUT2D eigenvalue weighted by molar-refractivity contribution is 5.31. The van der Waals surface area contributed by atoms with E-state index in [1.165, 1.54) is 80.8 Å². The summed E-state index contributed by atoms with van der Waals surface area (Å²) in [6, 6.07) is 26.5. The first-order valence-corrected chi connectivity index (χ1v) is 12.2. The molecule has 0 bridgehead atoms. The number of rotatable bonds is 7. The second-order valence-electron chi connectivity index (χ2n) is 9.90. The zero-order valence-electron chi connectivity index (χ0n) is 19.3. The van der Waals surface area contributed by atoms with Crippen LogP contribution in [0.3, 0.4) is 0 Å². The molecule has 2 aliphatic rings. The minimum absolute atomic E-state index is 0.270. The standard InChI is InChI=1S/C29H35N3/c1-24-12-14-26(15-13-24)28(27-11-5-6-18-30-27)32-22-29(23-32)16-20-31(21-17-29)19-7-10-25-8-3-2-4-9-25/h2-6,8-9,11-15,18,28H,7,10,16-17,19-23H2,1H3. The zero-order chi connectivity index (χ0) is 21.8. The molecule has 3 nitrogen and oxygen atoms in total. The lowest BCUT2D eigenvalue weighted by Gasteiger charge is -2.56. The Labute approximate surface area is 193 Å². The van der Waals surface area contributed by atoms with Gasteiger partial charge in [-0.25, -0.2) is 0 Å². The number of aryl methyl sites for hydroxylation is 2. The highest BCUT2D eigenvalue weighted by Crippen LogP contribution is 2.45. The summed E-state index contributed by atoms with van der Waals surface area (Å²) < 4.78 is 0. The Balaban J connectivity index is 1.17. The van der Waals surface area contributed by atoms with Crippen molar-refractivity contribution in [1.82, 2.24) is 14.8 Å². The zero-order valence-corrected chi connectivity index (χ0v) is 19.3. The molecular formula is C29H35N3. The van der Waals surface area contributed by atoms with Crippen LogP contribution >= 0.6 is 0 Å². The molecule has 166 valence electrons. The molecule has 2 aromatic carbocycles. The molecule has 1 atom stereocenters. The van der Waals surface area contributed by atoms with Gasteiger partial charge in [-0.15, -0.1) is 0 Å². The number of hydrogen-bond donors (Lipinski definition) is 0. The normalized spacial score (nSPS) is 19.5. The van der Waals surface area contributed by atoms with E-state index in [-0.39, 0.29) is 6.04 Å². The molecule has 1 unspecified atom stereocenters. The van der Waals surface area contributed by atoms with E-state index < -0.39 is 0 Å². The van der Waals surface area contributed by atoms with Crippen molar-refractivity contribution in [1.29, 1.82) is 0 Å². The van der Waals surface area contributed by atoms with E-state index in [2.05, 4.69) is 83.5 Å². The van der Waals surface area contributed by atoms with Crippen LogP contribution in [0, 0.1) is 12.3 Å². The third-order valence-corrected chi connectivity index (χ3v) is 7.50. The minimum Gasteiger partial charge on any atom is -0.303 e. The summed E-state index contributed by atoms with van der Waals surface area (Å²) in [5.74, 6) is 0. The summed E-state index contributed by atoms with van der Waals surface area (Å²) >= 11 is 0. The van der Waals surface area contributed by atoms with Crippen molar-refractivity contribution in [2.24, 2.45) is 5.41 Å². The Kier molecular flexibility index (Phi) is 6.38. The first-order chi connectivity index (χ1) is 15.7. The lowest BCUT2D eigenvalue weighted by molar-refractivity contribution is -0.0630. The number of piperidine rings is 1. The Morgan fingerprint density at radius 1 is 0.875 bits per heavy atom. The van der Waals surface area contributed by atoms with E-state index in [4.69, 9.17) is 4.98 Å². The van der Waals surface area contributed by atoms with Crippen LogP contribution in [0.2, 0.25) is 0 Å². The summed E-state index contributed by atoms with van der Waals surface area (Å²) in [6.07, 6.45) is 7.05. The van der Waals surface area contributed by atoms with Crippen LogP contribution in [0.4, 0.5) is 0 Å². The van der Waals surface area contributed by atoms with Crippen LogP contribution in [-0.2, 0) is 6.42 Å². The molecule has 3 heteroatoms. The van der Waals surface area contributed by atoms with Gasteiger partial charge in [-0.05, 0) is 80.9 Å². The fraction of sp³-hybridized carbons (Fsp3) is 0.414. The first-order valence-electron chi connectivity index (χ1n) is 12.2. The Morgan fingerprint density at radius 3 is 2.28 bits per heavy atom. The molecule has 0 aliphatic carbocycles. The molecule has 0 amide bonds. The molecule has 2 aliphatic heterocycles. The maximum atomic E-state index is 4.74. The third kappa shape index (κ3) is 4.79. The third-order valence-electron chi connectivity index (χ3n) is 7.50. The van der Waals surface area contributed by atoms with Crippen molar-refractivity contribution in [2.75, 3.05) is 32.7 Å². The quantitative estimate of drug-likeness (QED) is 0.498. The summed E-state index contributed by atoms with van der Waals surface area (Å²) in [5, 5.41) is 0. The first kappa shape index (κ1) is 21.4. The molecule has 0 saturated carbocycles. The van der Waals surface area contributed by atoms with Gasteiger partial charge in [0.15, 0.2) is 0 Å². The maximum absolute atomic E-state index is 4.74. The topological polar surface area (TPSA) is 19.4 Å². The predicted molar refractivity (Wildman–Crippen MR) is 132 cm³/mol. The lowest BCUT2D eigenvalue weighted by Crippen LogP contribution is -2.61. The number of pyridine rings is 1. The average molecular weight is 426 g/mol. The van der Waals surface area contributed by atoms with Crippen LogP contribution in [-0.4, -0.2) is 47.5 Å². The molecule has 32 heavy (non-hydrogen) atoms. The lowest BCUT2D eigenvalue weighted by atomic mass is 9.70. The van der Waals surface area contributed by atoms with Gasteiger partial charge in [0.1, 0.15) is 0 Å². The maximum Gasteiger partial charge on any atom is 0.0776 e. The molecule has 3 aromatic rings. The smallest absolute Gasteiger partial charge is 0.0776 e. The van der Waals surface area contributed by atoms with Crippen LogP contribution < -0.4 is 0 Å². The predicted octanol–water partition coefficient (Wildman–Crippen LogP) is 5.51. The van der Waals surface area contributed by atoms with Crippen molar-refractivity contribution in [3.8, 4) is 0 Å². The van der Waals surface area contributed by atoms with E-state index in [1.807, 2.05) is 12.3 Å². The summed E-state index contributed by atoms with van der Waals surface area (Å²) in [7, 11) is 0. The minimum atomic E-state index is 0.270. The van der Waals surface area contributed by atoms with E-state index in [9.17, 15) is 0 Å². The van der Waals surface area contributed by atoms with Gasteiger partial charge in [0, 0.05) is 19.3 Å². The van der Waals surface area contributed by atoms with Gasteiger partial charge >= 0.3 is 0 Å². The van der Waals surface area contributed by atoms with Gasteiger partial charge in [-0.3, -0.25) is 9.88 Å². The van der Waals surface area contributed by atoms with Crippen LogP contribution in [0.1, 0.15) is 47.7 Å². The van der Waals surface area contributed by atoms with E-state index in [0.717, 1.165) is 0 Å². The van der Waals surface area contributed by atoms with Gasteiger partial charge < -0.3 is 4.90 Å². The Hall–Kier alpha value is -2.49. The molecule has 0 N–H and O–H groups in total. The highest BCUT2D eigenvalue weighted by Gasteiger charge is 2.47. The van der Waals surface area contributed by atoms with E-state index in [0.29, 0.717) is 5.41 Å².